The third-order valence-corrected chi connectivity index (χ3v) is 5.21. The summed E-state index contributed by atoms with van der Waals surface area (Å²) in [6, 6.07) is 15.3. The Balaban J connectivity index is 1.52. The number of halogens is 1. The van der Waals surface area contributed by atoms with Gasteiger partial charge in [-0.15, -0.1) is 0 Å². The summed E-state index contributed by atoms with van der Waals surface area (Å²) in [6.45, 7) is 4.33. The molecule has 160 valence electrons. The molecule has 7 heteroatoms. The van der Waals surface area contributed by atoms with Gasteiger partial charge >= 0.3 is 0 Å². The fourth-order valence-corrected chi connectivity index (χ4v) is 3.44. The molecule has 1 amide bonds. The molecule has 1 saturated carbocycles. The molecule has 2 aromatic carbocycles. The second-order valence-electron chi connectivity index (χ2n) is 7.45. The average molecular weight is 438 g/mol. The van der Waals surface area contributed by atoms with E-state index in [1.807, 2.05) is 59.6 Å². The molecule has 0 N–H and O–H groups in total. The van der Waals surface area contributed by atoms with Crippen molar-refractivity contribution in [3.05, 3.63) is 83.7 Å². The number of carbonyl (C=O) groups excluding carboxylic acids is 1. The molecule has 0 bridgehead atoms. The number of carbonyl (C=O) groups is 1. The fourth-order valence-electron chi connectivity index (χ4n) is 3.38. The van der Waals surface area contributed by atoms with Crippen LogP contribution in [0.4, 0.5) is 0 Å². The summed E-state index contributed by atoms with van der Waals surface area (Å²) in [6.07, 6.45) is 5.63. The van der Waals surface area contributed by atoms with Crippen LogP contribution >= 0.6 is 11.6 Å². The van der Waals surface area contributed by atoms with Crippen molar-refractivity contribution in [2.24, 2.45) is 0 Å². The lowest BCUT2D eigenvalue weighted by molar-refractivity contribution is 0.0729. The van der Waals surface area contributed by atoms with E-state index in [4.69, 9.17) is 21.1 Å². The van der Waals surface area contributed by atoms with Gasteiger partial charge in [0.05, 0.1) is 12.8 Å². The van der Waals surface area contributed by atoms with Crippen LogP contribution in [0.25, 0.3) is 5.69 Å². The molecule has 1 fully saturated rings. The van der Waals surface area contributed by atoms with Gasteiger partial charge in [-0.1, -0.05) is 24.2 Å². The van der Waals surface area contributed by atoms with E-state index in [9.17, 15) is 4.79 Å². The molecule has 0 aliphatic heterocycles. The van der Waals surface area contributed by atoms with E-state index in [1.54, 1.807) is 18.0 Å². The largest absolute Gasteiger partial charge is 0.493 e. The van der Waals surface area contributed by atoms with Crippen LogP contribution in [0.1, 0.15) is 28.8 Å². The molecule has 1 aliphatic carbocycles. The van der Waals surface area contributed by atoms with Crippen LogP contribution in [-0.4, -0.2) is 40.3 Å². The lowest BCUT2D eigenvalue weighted by atomic mass is 10.1. The van der Waals surface area contributed by atoms with E-state index < -0.39 is 0 Å². The summed E-state index contributed by atoms with van der Waals surface area (Å²) in [7, 11) is 1.59. The summed E-state index contributed by atoms with van der Waals surface area (Å²) < 4.78 is 12.8. The summed E-state index contributed by atoms with van der Waals surface area (Å²) >= 11 is 5.83. The third kappa shape index (κ3) is 5.09. The highest BCUT2D eigenvalue weighted by atomic mass is 35.5. The molecule has 1 aliphatic rings. The van der Waals surface area contributed by atoms with Gasteiger partial charge in [-0.2, -0.15) is 5.10 Å². The van der Waals surface area contributed by atoms with Crippen molar-refractivity contribution in [3.8, 4) is 17.2 Å². The SMILES string of the molecule is C=C(Cl)COc1cc(CN(C(=O)c2ccc(-n3cccn3)cc2)C2CC2)ccc1OC. The zero-order chi connectivity index (χ0) is 21.8. The second kappa shape index (κ2) is 9.27. The van der Waals surface area contributed by atoms with Gasteiger partial charge in [-0.3, -0.25) is 4.79 Å². The monoisotopic (exact) mass is 437 g/mol. The minimum atomic E-state index is 0.0157. The summed E-state index contributed by atoms with van der Waals surface area (Å²) in [5.74, 6) is 1.20. The third-order valence-electron chi connectivity index (χ3n) is 5.10. The van der Waals surface area contributed by atoms with Crippen LogP contribution in [0.5, 0.6) is 11.5 Å². The van der Waals surface area contributed by atoms with E-state index >= 15 is 0 Å². The number of rotatable bonds is 9. The van der Waals surface area contributed by atoms with E-state index in [-0.39, 0.29) is 18.6 Å². The smallest absolute Gasteiger partial charge is 0.254 e. The predicted molar refractivity (Wildman–Crippen MR) is 120 cm³/mol. The maximum absolute atomic E-state index is 13.3. The zero-order valence-electron chi connectivity index (χ0n) is 17.3. The molecule has 0 atom stereocenters. The highest BCUT2D eigenvalue weighted by Crippen LogP contribution is 2.33. The molecule has 1 heterocycles. The number of ether oxygens (including phenoxy) is 2. The first kappa shape index (κ1) is 21.0. The van der Waals surface area contributed by atoms with Crippen LogP contribution in [-0.2, 0) is 6.54 Å². The van der Waals surface area contributed by atoms with Crippen molar-refractivity contribution in [1.29, 1.82) is 0 Å². The van der Waals surface area contributed by atoms with Crippen LogP contribution in [0.3, 0.4) is 0 Å². The van der Waals surface area contributed by atoms with Crippen LogP contribution < -0.4 is 9.47 Å². The lowest BCUT2D eigenvalue weighted by Crippen LogP contribution is -2.32. The maximum atomic E-state index is 13.3. The molecule has 1 aromatic heterocycles. The molecule has 0 unspecified atom stereocenters. The van der Waals surface area contributed by atoms with Gasteiger partial charge in [-0.25, -0.2) is 4.68 Å². The average Bonchev–Trinajstić information content (AvgIpc) is 3.48. The topological polar surface area (TPSA) is 56.6 Å². The van der Waals surface area contributed by atoms with Crippen molar-refractivity contribution in [3.63, 3.8) is 0 Å². The summed E-state index contributed by atoms with van der Waals surface area (Å²) in [5, 5.41) is 4.63. The van der Waals surface area contributed by atoms with Crippen molar-refractivity contribution in [2.45, 2.75) is 25.4 Å². The Morgan fingerprint density at radius 2 is 2.00 bits per heavy atom. The zero-order valence-corrected chi connectivity index (χ0v) is 18.1. The first-order valence-corrected chi connectivity index (χ1v) is 10.5. The van der Waals surface area contributed by atoms with Crippen molar-refractivity contribution in [1.82, 2.24) is 14.7 Å². The van der Waals surface area contributed by atoms with Gasteiger partial charge in [0.15, 0.2) is 11.5 Å². The minimum Gasteiger partial charge on any atom is -0.493 e. The van der Waals surface area contributed by atoms with Crippen LogP contribution in [0, 0.1) is 0 Å². The highest BCUT2D eigenvalue weighted by Gasteiger charge is 2.33. The molecular weight excluding hydrogens is 414 g/mol. The van der Waals surface area contributed by atoms with Gasteiger partial charge in [0, 0.05) is 35.6 Å². The Bertz CT molecular complexity index is 1060. The molecule has 4 rings (SSSR count). The van der Waals surface area contributed by atoms with Gasteiger partial charge < -0.3 is 14.4 Å². The molecule has 6 nitrogen and oxygen atoms in total. The van der Waals surface area contributed by atoms with E-state index in [2.05, 4.69) is 11.7 Å². The predicted octanol–water partition coefficient (Wildman–Crippen LogP) is 4.82. The summed E-state index contributed by atoms with van der Waals surface area (Å²) in [4.78, 5) is 15.2. The first-order valence-electron chi connectivity index (χ1n) is 10.1. The van der Waals surface area contributed by atoms with E-state index in [1.165, 1.54) is 0 Å². The molecule has 0 radical (unpaired) electrons. The molecule has 3 aromatic rings. The Labute approximate surface area is 186 Å². The van der Waals surface area contributed by atoms with Gasteiger partial charge in [-0.05, 0) is 60.9 Å². The fraction of sp³-hybridized carbons (Fsp3) is 0.250. The Hall–Kier alpha value is -3.25. The summed E-state index contributed by atoms with van der Waals surface area (Å²) in [5.41, 5.74) is 2.54. The number of hydrogen-bond donors (Lipinski definition) is 0. The molecule has 0 saturated heterocycles. The van der Waals surface area contributed by atoms with Gasteiger partial charge in [0.25, 0.3) is 5.91 Å². The van der Waals surface area contributed by atoms with Gasteiger partial charge in [0.1, 0.15) is 6.61 Å². The van der Waals surface area contributed by atoms with Crippen molar-refractivity contribution >= 4 is 17.5 Å². The Kier molecular flexibility index (Phi) is 6.28. The van der Waals surface area contributed by atoms with E-state index in [0.29, 0.717) is 28.6 Å². The standard InChI is InChI=1S/C24H24ClN3O3/c1-17(25)16-31-23-14-18(4-11-22(23)30-2)15-27(20-9-10-20)24(29)19-5-7-21(8-6-19)28-13-3-12-26-28/h3-8,11-14,20H,1,9-10,15-16H2,2H3. The molecule has 31 heavy (non-hydrogen) atoms. The highest BCUT2D eigenvalue weighted by molar-refractivity contribution is 6.29. The van der Waals surface area contributed by atoms with Crippen LogP contribution in [0.15, 0.2) is 72.5 Å². The molecular formula is C24H24ClN3O3. The minimum absolute atomic E-state index is 0.0157. The lowest BCUT2D eigenvalue weighted by Gasteiger charge is -2.23. The van der Waals surface area contributed by atoms with Gasteiger partial charge in [0.2, 0.25) is 0 Å². The quantitative estimate of drug-likeness (QED) is 0.481. The maximum Gasteiger partial charge on any atom is 0.254 e. The number of hydrogen-bond acceptors (Lipinski definition) is 4. The van der Waals surface area contributed by atoms with Crippen molar-refractivity contribution < 1.29 is 14.3 Å². The number of amides is 1. The van der Waals surface area contributed by atoms with Crippen molar-refractivity contribution in [2.75, 3.05) is 13.7 Å². The Morgan fingerprint density at radius 3 is 2.61 bits per heavy atom. The van der Waals surface area contributed by atoms with E-state index in [0.717, 1.165) is 24.1 Å². The number of nitrogens with zero attached hydrogens (tertiary/aromatic N) is 3. The number of methoxy groups -OCH3 is 1. The first-order chi connectivity index (χ1) is 15.0. The number of benzene rings is 2. The Morgan fingerprint density at radius 1 is 1.23 bits per heavy atom. The second-order valence-corrected chi connectivity index (χ2v) is 7.99. The number of aromatic nitrogens is 2. The normalized spacial score (nSPS) is 13.0. The van der Waals surface area contributed by atoms with Crippen LogP contribution in [0.2, 0.25) is 0 Å². The molecule has 0 spiro atoms.